The van der Waals surface area contributed by atoms with Gasteiger partial charge in [0.15, 0.2) is 6.17 Å². The first kappa shape index (κ1) is 30.3. The van der Waals surface area contributed by atoms with Crippen LogP contribution in [0.5, 0.6) is 0 Å². The molecule has 0 spiro atoms. The van der Waals surface area contributed by atoms with E-state index in [1.165, 1.54) is 79.6 Å². The van der Waals surface area contributed by atoms with Crippen molar-refractivity contribution in [3.63, 3.8) is 0 Å². The van der Waals surface area contributed by atoms with E-state index in [0.29, 0.717) is 11.8 Å². The summed E-state index contributed by atoms with van der Waals surface area (Å²) in [7, 11) is 0. The molecule has 0 aromatic heterocycles. The van der Waals surface area contributed by atoms with E-state index in [9.17, 15) is 0 Å². The molecule has 0 radical (unpaired) electrons. The van der Waals surface area contributed by atoms with Gasteiger partial charge in [-0.25, -0.2) is 9.98 Å². The summed E-state index contributed by atoms with van der Waals surface area (Å²) in [4.78, 5) is 10.6. The first-order valence-electron chi connectivity index (χ1n) is 18.9. The molecule has 3 heteroatoms. The molecule has 7 aromatic carbocycles. The van der Waals surface area contributed by atoms with Crippen molar-refractivity contribution < 1.29 is 0 Å². The largest absolute Gasteiger partial charge is 0.324 e. The Balaban J connectivity index is 1.00. The quantitative estimate of drug-likeness (QED) is 0.193. The van der Waals surface area contributed by atoms with Crippen LogP contribution in [0.15, 0.2) is 174 Å². The Labute approximate surface area is 310 Å². The van der Waals surface area contributed by atoms with E-state index in [1.807, 2.05) is 6.07 Å². The van der Waals surface area contributed by atoms with Crippen molar-refractivity contribution in [2.75, 3.05) is 0 Å². The zero-order chi connectivity index (χ0) is 34.9. The molecule has 1 heterocycles. The third-order valence-electron chi connectivity index (χ3n) is 12.0. The van der Waals surface area contributed by atoms with Gasteiger partial charge in [0.1, 0.15) is 11.7 Å². The van der Waals surface area contributed by atoms with E-state index in [2.05, 4.69) is 163 Å². The molecule has 3 nitrogen and oxygen atoms in total. The molecule has 11 rings (SSSR count). The van der Waals surface area contributed by atoms with Crippen LogP contribution in [0.1, 0.15) is 69.8 Å². The Morgan fingerprint density at radius 1 is 0.396 bits per heavy atom. The molecule has 53 heavy (non-hydrogen) atoms. The average molecular weight is 680 g/mol. The van der Waals surface area contributed by atoms with Gasteiger partial charge in [-0.05, 0) is 110 Å². The van der Waals surface area contributed by atoms with Crippen LogP contribution in [0.4, 0.5) is 0 Å². The van der Waals surface area contributed by atoms with Crippen molar-refractivity contribution in [1.29, 1.82) is 0 Å². The molecule has 1 fully saturated rings. The summed E-state index contributed by atoms with van der Waals surface area (Å²) in [6, 6.07) is 59.7. The summed E-state index contributed by atoms with van der Waals surface area (Å²) < 4.78 is 0. The molecule has 1 N–H and O–H groups in total. The number of rotatable bonds is 5. The maximum absolute atomic E-state index is 5.34. The monoisotopic (exact) mass is 679 g/mol. The molecule has 3 aliphatic carbocycles. The van der Waals surface area contributed by atoms with Gasteiger partial charge in [-0.2, -0.15) is 0 Å². The van der Waals surface area contributed by atoms with E-state index in [-0.39, 0.29) is 0 Å². The predicted molar refractivity (Wildman–Crippen MR) is 218 cm³/mol. The molecule has 7 aromatic rings. The number of nitrogens with zero attached hydrogens (tertiary/aromatic N) is 2. The highest BCUT2D eigenvalue weighted by atomic mass is 15.2. The number of nitrogens with one attached hydrogen (secondary N) is 1. The van der Waals surface area contributed by atoms with Crippen molar-refractivity contribution >= 4 is 11.7 Å². The second-order valence-electron chi connectivity index (χ2n) is 14.9. The lowest BCUT2D eigenvalue weighted by Crippen LogP contribution is -2.36. The second-order valence-corrected chi connectivity index (χ2v) is 14.9. The third kappa shape index (κ3) is 5.03. The van der Waals surface area contributed by atoms with Crippen molar-refractivity contribution in [2.45, 2.75) is 37.3 Å². The van der Waals surface area contributed by atoms with Gasteiger partial charge in [0.25, 0.3) is 0 Å². The molecular weight excluding hydrogens is 643 g/mol. The Morgan fingerprint density at radius 2 is 0.943 bits per heavy atom. The highest BCUT2D eigenvalue weighted by Gasteiger charge is 2.39. The summed E-state index contributed by atoms with van der Waals surface area (Å²) in [6.45, 7) is 0. The summed E-state index contributed by atoms with van der Waals surface area (Å²) in [6.07, 6.45) is 3.11. The number of hydrogen-bond acceptors (Lipinski definition) is 3. The van der Waals surface area contributed by atoms with Gasteiger partial charge >= 0.3 is 0 Å². The number of aliphatic imine (C=N–C) groups is 2. The van der Waals surface area contributed by atoms with E-state index in [0.717, 1.165) is 34.8 Å². The summed E-state index contributed by atoms with van der Waals surface area (Å²) in [5.74, 6) is 3.00. The minimum absolute atomic E-state index is 0.393. The Bertz CT molecular complexity index is 2620. The van der Waals surface area contributed by atoms with E-state index < -0.39 is 6.17 Å². The molecule has 1 aliphatic heterocycles. The standard InChI is InChI=1S/C50H37N3/c1-3-10-31(11-4-1)32-18-20-34(21-19-32)49-51-48(33-12-5-2-6-13-33)52-50(53-49)44-17-9-14-38-28-37-23-22-35(29-45(37)47(38)44)36-24-25-43-42-27-26-41(42)39-15-7-8-16-40(39)46(43)30-36/h1-25,29-30,41-42,50H,26-28H2,(H,51,52,53). The van der Waals surface area contributed by atoms with Gasteiger partial charge in [-0.15, -0.1) is 0 Å². The van der Waals surface area contributed by atoms with Crippen molar-refractivity contribution in [1.82, 2.24) is 5.32 Å². The van der Waals surface area contributed by atoms with Crippen LogP contribution in [-0.4, -0.2) is 11.7 Å². The minimum atomic E-state index is -0.393. The van der Waals surface area contributed by atoms with Crippen LogP contribution in [0.3, 0.4) is 0 Å². The normalized spacial score (nSPS) is 18.9. The average Bonchev–Trinajstić information content (AvgIpc) is 3.59. The summed E-state index contributed by atoms with van der Waals surface area (Å²) in [5.41, 5.74) is 19.3. The number of benzene rings is 7. The van der Waals surface area contributed by atoms with Crippen LogP contribution in [0.25, 0.3) is 44.5 Å². The zero-order valence-corrected chi connectivity index (χ0v) is 29.3. The molecule has 0 saturated heterocycles. The van der Waals surface area contributed by atoms with Gasteiger partial charge in [-0.1, -0.05) is 152 Å². The fourth-order valence-electron chi connectivity index (χ4n) is 9.19. The Kier molecular flexibility index (Phi) is 6.94. The van der Waals surface area contributed by atoms with Crippen LogP contribution < -0.4 is 5.32 Å². The lowest BCUT2D eigenvalue weighted by Gasteiger charge is -2.43. The van der Waals surface area contributed by atoms with Gasteiger partial charge in [0, 0.05) is 16.7 Å². The van der Waals surface area contributed by atoms with Crippen molar-refractivity contribution in [3.05, 3.63) is 203 Å². The predicted octanol–water partition coefficient (Wildman–Crippen LogP) is 11.7. The van der Waals surface area contributed by atoms with Crippen LogP contribution >= 0.6 is 0 Å². The zero-order valence-electron chi connectivity index (χ0n) is 29.3. The maximum atomic E-state index is 5.34. The molecule has 0 bridgehead atoms. The lowest BCUT2D eigenvalue weighted by molar-refractivity contribution is 0.343. The summed E-state index contributed by atoms with van der Waals surface area (Å²) >= 11 is 0. The lowest BCUT2D eigenvalue weighted by atomic mass is 9.61. The molecule has 3 atom stereocenters. The van der Waals surface area contributed by atoms with E-state index in [4.69, 9.17) is 9.98 Å². The molecule has 0 amide bonds. The van der Waals surface area contributed by atoms with Gasteiger partial charge < -0.3 is 5.32 Å². The molecular formula is C50H37N3. The topological polar surface area (TPSA) is 36.8 Å². The Hall–Kier alpha value is -6.32. The molecule has 3 unspecified atom stereocenters. The SMILES string of the molecule is c1ccc(C2=NC(c3cccc4c3-c3cc(-c5ccc6c(c5)-c5ccccc5C5CCC65)ccc3C4)N=C(c3ccc(-c4ccccc4)cc3)N2)cc1. The van der Waals surface area contributed by atoms with Gasteiger partial charge in [0.05, 0.1) is 0 Å². The number of amidine groups is 2. The minimum Gasteiger partial charge on any atom is -0.324 e. The second kappa shape index (κ2) is 12.1. The number of fused-ring (bicyclic) bond motifs is 9. The van der Waals surface area contributed by atoms with Crippen LogP contribution in [-0.2, 0) is 6.42 Å². The van der Waals surface area contributed by atoms with Gasteiger partial charge in [-0.3, -0.25) is 0 Å². The first-order chi connectivity index (χ1) is 26.2. The molecule has 1 saturated carbocycles. The summed E-state index contributed by atoms with van der Waals surface area (Å²) in [5, 5.41) is 3.60. The van der Waals surface area contributed by atoms with E-state index >= 15 is 0 Å². The third-order valence-corrected chi connectivity index (χ3v) is 12.0. The molecule has 4 aliphatic rings. The van der Waals surface area contributed by atoms with Crippen LogP contribution in [0, 0.1) is 0 Å². The Morgan fingerprint density at radius 3 is 1.68 bits per heavy atom. The first-order valence-corrected chi connectivity index (χ1v) is 18.9. The van der Waals surface area contributed by atoms with Crippen LogP contribution in [0.2, 0.25) is 0 Å². The fourth-order valence-corrected chi connectivity index (χ4v) is 9.19. The van der Waals surface area contributed by atoms with Crippen molar-refractivity contribution in [3.8, 4) is 44.5 Å². The fraction of sp³-hybridized carbons (Fsp3) is 0.120. The highest BCUT2D eigenvalue weighted by Crippen LogP contribution is 2.57. The maximum Gasteiger partial charge on any atom is 0.170 e. The van der Waals surface area contributed by atoms with E-state index in [1.54, 1.807) is 0 Å². The smallest absolute Gasteiger partial charge is 0.170 e. The molecule has 252 valence electrons. The number of hydrogen-bond donors (Lipinski definition) is 1. The highest BCUT2D eigenvalue weighted by molar-refractivity contribution is 6.16. The van der Waals surface area contributed by atoms with Crippen molar-refractivity contribution in [2.24, 2.45) is 9.98 Å². The van der Waals surface area contributed by atoms with Gasteiger partial charge in [0.2, 0.25) is 0 Å².